The molecule has 0 aliphatic heterocycles. The average Bonchev–Trinajstić information content (AvgIpc) is 2.39. The third-order valence-electron chi connectivity index (χ3n) is 2.96. The zero-order valence-corrected chi connectivity index (χ0v) is 11.2. The number of hydrogen-bond acceptors (Lipinski definition) is 1. The van der Waals surface area contributed by atoms with Gasteiger partial charge in [0.05, 0.1) is 0 Å². The maximum Gasteiger partial charge on any atom is 0.127 e. The Hall–Kier alpha value is -1.45. The SMILES string of the molecule is C[C@H](NCc1cc(Cl)ccc1F)c1cccc(F)c1. The van der Waals surface area contributed by atoms with Crippen LogP contribution >= 0.6 is 11.6 Å². The number of rotatable bonds is 4. The summed E-state index contributed by atoms with van der Waals surface area (Å²) in [6, 6.07) is 10.7. The van der Waals surface area contributed by atoms with E-state index in [-0.39, 0.29) is 17.7 Å². The van der Waals surface area contributed by atoms with Crippen LogP contribution in [-0.2, 0) is 6.54 Å². The summed E-state index contributed by atoms with van der Waals surface area (Å²) < 4.78 is 26.6. The molecule has 0 saturated carbocycles. The number of halogens is 3. The van der Waals surface area contributed by atoms with E-state index in [2.05, 4.69) is 5.32 Å². The van der Waals surface area contributed by atoms with Crippen LogP contribution in [0.1, 0.15) is 24.1 Å². The molecule has 4 heteroatoms. The molecule has 2 aromatic carbocycles. The molecule has 0 amide bonds. The van der Waals surface area contributed by atoms with Crippen molar-refractivity contribution in [2.75, 3.05) is 0 Å². The molecule has 0 aromatic heterocycles. The summed E-state index contributed by atoms with van der Waals surface area (Å²) in [4.78, 5) is 0. The third kappa shape index (κ3) is 3.75. The molecular formula is C15H14ClF2N. The van der Waals surface area contributed by atoms with Crippen molar-refractivity contribution in [2.45, 2.75) is 19.5 Å². The van der Waals surface area contributed by atoms with E-state index in [1.165, 1.54) is 24.3 Å². The molecule has 0 unspecified atom stereocenters. The van der Waals surface area contributed by atoms with Crippen molar-refractivity contribution in [3.05, 3.63) is 70.2 Å². The molecule has 1 N–H and O–H groups in total. The van der Waals surface area contributed by atoms with E-state index in [0.29, 0.717) is 17.1 Å². The molecule has 1 nitrogen and oxygen atoms in total. The van der Waals surface area contributed by atoms with Gasteiger partial charge in [-0.15, -0.1) is 0 Å². The van der Waals surface area contributed by atoms with Crippen LogP contribution in [0.4, 0.5) is 8.78 Å². The quantitative estimate of drug-likeness (QED) is 0.872. The normalized spacial score (nSPS) is 12.4. The smallest absolute Gasteiger partial charge is 0.127 e. The first-order chi connectivity index (χ1) is 9.06. The highest BCUT2D eigenvalue weighted by Gasteiger charge is 2.08. The van der Waals surface area contributed by atoms with Crippen molar-refractivity contribution in [1.29, 1.82) is 0 Å². The molecule has 0 bridgehead atoms. The molecular weight excluding hydrogens is 268 g/mol. The first-order valence-corrected chi connectivity index (χ1v) is 6.37. The van der Waals surface area contributed by atoms with Gasteiger partial charge in [-0.1, -0.05) is 23.7 Å². The van der Waals surface area contributed by atoms with E-state index in [1.807, 2.05) is 13.0 Å². The Kier molecular flexibility index (Phi) is 4.51. The Labute approximate surface area is 116 Å². The van der Waals surface area contributed by atoms with E-state index in [1.54, 1.807) is 12.1 Å². The highest BCUT2D eigenvalue weighted by molar-refractivity contribution is 6.30. The summed E-state index contributed by atoms with van der Waals surface area (Å²) in [5.74, 6) is -0.580. The third-order valence-corrected chi connectivity index (χ3v) is 3.19. The van der Waals surface area contributed by atoms with Gasteiger partial charge in [0.15, 0.2) is 0 Å². The van der Waals surface area contributed by atoms with E-state index in [9.17, 15) is 8.78 Å². The molecule has 0 spiro atoms. The van der Waals surface area contributed by atoms with Crippen LogP contribution in [0.3, 0.4) is 0 Å². The van der Waals surface area contributed by atoms with Gasteiger partial charge >= 0.3 is 0 Å². The zero-order chi connectivity index (χ0) is 13.8. The average molecular weight is 282 g/mol. The summed E-state index contributed by atoms with van der Waals surface area (Å²) in [7, 11) is 0. The van der Waals surface area contributed by atoms with Gasteiger partial charge < -0.3 is 5.32 Å². The number of hydrogen-bond donors (Lipinski definition) is 1. The Bertz CT molecular complexity index is 572. The van der Waals surface area contributed by atoms with Crippen LogP contribution in [0, 0.1) is 11.6 Å². The fraction of sp³-hybridized carbons (Fsp3) is 0.200. The standard InChI is InChI=1S/C15H14ClF2N/c1-10(11-3-2-4-14(17)8-11)19-9-12-7-13(16)5-6-15(12)18/h2-8,10,19H,9H2,1H3/t10-/m0/s1. The van der Waals surface area contributed by atoms with Gasteiger partial charge in [-0.3, -0.25) is 0 Å². The lowest BCUT2D eigenvalue weighted by Gasteiger charge is -2.15. The zero-order valence-electron chi connectivity index (χ0n) is 10.5. The minimum Gasteiger partial charge on any atom is -0.306 e. The maximum absolute atomic E-state index is 13.5. The van der Waals surface area contributed by atoms with Gasteiger partial charge in [-0.05, 0) is 42.8 Å². The Morgan fingerprint density at radius 2 is 1.95 bits per heavy atom. The fourth-order valence-corrected chi connectivity index (χ4v) is 2.03. The van der Waals surface area contributed by atoms with E-state index < -0.39 is 0 Å². The topological polar surface area (TPSA) is 12.0 Å². The van der Waals surface area contributed by atoms with E-state index in [4.69, 9.17) is 11.6 Å². The summed E-state index contributed by atoms with van der Waals surface area (Å²) >= 11 is 5.83. The minimum atomic E-state index is -0.302. The molecule has 0 aliphatic carbocycles. The Balaban J connectivity index is 2.04. The molecule has 1 atom stereocenters. The molecule has 2 rings (SSSR count). The van der Waals surface area contributed by atoms with Gasteiger partial charge in [-0.25, -0.2) is 8.78 Å². The predicted octanol–water partition coefficient (Wildman–Crippen LogP) is 4.47. The molecule has 0 saturated heterocycles. The summed E-state index contributed by atoms with van der Waals surface area (Å²) in [5.41, 5.74) is 1.32. The molecule has 0 radical (unpaired) electrons. The van der Waals surface area contributed by atoms with Crippen LogP contribution in [0.25, 0.3) is 0 Å². The second kappa shape index (κ2) is 6.13. The van der Waals surface area contributed by atoms with Crippen molar-refractivity contribution < 1.29 is 8.78 Å². The molecule has 0 aliphatic rings. The molecule has 100 valence electrons. The van der Waals surface area contributed by atoms with Crippen LogP contribution in [0.2, 0.25) is 5.02 Å². The second-order valence-corrected chi connectivity index (χ2v) is 4.83. The van der Waals surface area contributed by atoms with Gasteiger partial charge in [0, 0.05) is 23.2 Å². The Morgan fingerprint density at radius 3 is 2.68 bits per heavy atom. The van der Waals surface area contributed by atoms with Crippen molar-refractivity contribution in [1.82, 2.24) is 5.32 Å². The van der Waals surface area contributed by atoms with Crippen LogP contribution in [0.5, 0.6) is 0 Å². The lowest BCUT2D eigenvalue weighted by molar-refractivity contribution is 0.540. The fourth-order valence-electron chi connectivity index (χ4n) is 1.84. The molecule has 19 heavy (non-hydrogen) atoms. The first-order valence-electron chi connectivity index (χ1n) is 5.99. The Morgan fingerprint density at radius 1 is 1.16 bits per heavy atom. The van der Waals surface area contributed by atoms with Crippen molar-refractivity contribution in [3.63, 3.8) is 0 Å². The number of nitrogens with one attached hydrogen (secondary N) is 1. The minimum absolute atomic E-state index is 0.0749. The molecule has 0 fully saturated rings. The highest BCUT2D eigenvalue weighted by Crippen LogP contribution is 2.17. The largest absolute Gasteiger partial charge is 0.306 e. The molecule has 2 aromatic rings. The van der Waals surface area contributed by atoms with Gasteiger partial charge in [-0.2, -0.15) is 0 Å². The monoisotopic (exact) mass is 281 g/mol. The molecule has 0 heterocycles. The van der Waals surface area contributed by atoms with Crippen molar-refractivity contribution in [2.24, 2.45) is 0 Å². The van der Waals surface area contributed by atoms with E-state index in [0.717, 1.165) is 5.56 Å². The maximum atomic E-state index is 13.5. The van der Waals surface area contributed by atoms with Crippen molar-refractivity contribution in [3.8, 4) is 0 Å². The first kappa shape index (κ1) is 14.0. The number of benzene rings is 2. The van der Waals surface area contributed by atoms with Gasteiger partial charge in [0.2, 0.25) is 0 Å². The summed E-state index contributed by atoms with van der Waals surface area (Å²) in [6.07, 6.45) is 0. The summed E-state index contributed by atoms with van der Waals surface area (Å²) in [5, 5.41) is 3.64. The lowest BCUT2D eigenvalue weighted by atomic mass is 10.1. The van der Waals surface area contributed by atoms with Crippen LogP contribution in [-0.4, -0.2) is 0 Å². The van der Waals surface area contributed by atoms with Gasteiger partial charge in [0.1, 0.15) is 11.6 Å². The van der Waals surface area contributed by atoms with Crippen LogP contribution < -0.4 is 5.32 Å². The highest BCUT2D eigenvalue weighted by atomic mass is 35.5. The second-order valence-electron chi connectivity index (χ2n) is 4.39. The lowest BCUT2D eigenvalue weighted by Crippen LogP contribution is -2.18. The van der Waals surface area contributed by atoms with Gasteiger partial charge in [0.25, 0.3) is 0 Å². The van der Waals surface area contributed by atoms with Crippen molar-refractivity contribution >= 4 is 11.6 Å². The van der Waals surface area contributed by atoms with E-state index >= 15 is 0 Å². The predicted molar refractivity (Wildman–Crippen MR) is 73.1 cm³/mol. The summed E-state index contributed by atoms with van der Waals surface area (Å²) in [6.45, 7) is 2.24. The van der Waals surface area contributed by atoms with Crippen LogP contribution in [0.15, 0.2) is 42.5 Å².